The first-order valence-electron chi connectivity index (χ1n) is 6.29. The van der Waals surface area contributed by atoms with E-state index in [1.165, 1.54) is 58.4 Å². The smallest absolute Gasteiger partial charge is 0.0107 e. The summed E-state index contributed by atoms with van der Waals surface area (Å²) >= 11 is 0. The fraction of sp³-hybridized carbons (Fsp3) is 1.00. The van der Waals surface area contributed by atoms with Crippen molar-refractivity contribution in [2.45, 2.75) is 39.5 Å². The number of hydrogen-bond donors (Lipinski definition) is 1. The molecule has 2 heteroatoms. The first-order chi connectivity index (χ1) is 6.86. The Balaban J connectivity index is 1.84. The fourth-order valence-electron chi connectivity index (χ4n) is 1.82. The normalized spacial score (nSPS) is 16.5. The fourth-order valence-corrected chi connectivity index (χ4v) is 1.82. The highest BCUT2D eigenvalue weighted by atomic mass is 15.1. The largest absolute Gasteiger partial charge is 0.315 e. The minimum atomic E-state index is 1.07. The van der Waals surface area contributed by atoms with Crippen LogP contribution in [0.4, 0.5) is 0 Å². The van der Waals surface area contributed by atoms with Gasteiger partial charge in [-0.05, 0) is 38.4 Å². The van der Waals surface area contributed by atoms with E-state index in [1.54, 1.807) is 0 Å². The molecule has 1 aliphatic rings. The van der Waals surface area contributed by atoms with Crippen LogP contribution in [-0.4, -0.2) is 37.6 Å². The van der Waals surface area contributed by atoms with Crippen molar-refractivity contribution in [3.05, 3.63) is 0 Å². The Labute approximate surface area is 89.1 Å². The lowest BCUT2D eigenvalue weighted by molar-refractivity contribution is 0.287. The molecule has 1 aliphatic carbocycles. The van der Waals surface area contributed by atoms with E-state index in [0.717, 1.165) is 5.92 Å². The van der Waals surface area contributed by atoms with Crippen LogP contribution in [0.25, 0.3) is 0 Å². The number of nitrogens with zero attached hydrogens (tertiary/aromatic N) is 1. The van der Waals surface area contributed by atoms with Crippen LogP contribution in [0.1, 0.15) is 39.5 Å². The summed E-state index contributed by atoms with van der Waals surface area (Å²) in [4.78, 5) is 2.52. The SMILES string of the molecule is CCCN(CC)CCNCCC1CC1. The van der Waals surface area contributed by atoms with Crippen LogP contribution in [0, 0.1) is 5.92 Å². The zero-order valence-corrected chi connectivity index (χ0v) is 9.89. The van der Waals surface area contributed by atoms with Crippen molar-refractivity contribution in [2.24, 2.45) is 5.92 Å². The minimum absolute atomic E-state index is 1.07. The van der Waals surface area contributed by atoms with Crippen LogP contribution in [0.2, 0.25) is 0 Å². The predicted octanol–water partition coefficient (Wildman–Crippen LogP) is 2.11. The zero-order valence-electron chi connectivity index (χ0n) is 9.89. The third-order valence-electron chi connectivity index (χ3n) is 3.02. The number of rotatable bonds is 9. The molecule has 0 spiro atoms. The summed E-state index contributed by atoms with van der Waals surface area (Å²) in [6, 6.07) is 0. The predicted molar refractivity (Wildman–Crippen MR) is 62.6 cm³/mol. The molecule has 1 fully saturated rings. The van der Waals surface area contributed by atoms with Gasteiger partial charge in [-0.2, -0.15) is 0 Å². The van der Waals surface area contributed by atoms with Gasteiger partial charge in [-0.25, -0.2) is 0 Å². The molecular weight excluding hydrogens is 172 g/mol. The van der Waals surface area contributed by atoms with Crippen molar-refractivity contribution in [1.29, 1.82) is 0 Å². The Bertz CT molecular complexity index is 132. The molecular formula is C12H26N2. The van der Waals surface area contributed by atoms with Crippen LogP contribution in [0.15, 0.2) is 0 Å². The summed E-state index contributed by atoms with van der Waals surface area (Å²) in [6.45, 7) is 10.6. The molecule has 1 rings (SSSR count). The lowest BCUT2D eigenvalue weighted by Crippen LogP contribution is -2.33. The van der Waals surface area contributed by atoms with Gasteiger partial charge in [0.15, 0.2) is 0 Å². The molecule has 1 saturated carbocycles. The molecule has 0 unspecified atom stereocenters. The lowest BCUT2D eigenvalue weighted by Gasteiger charge is -2.19. The second-order valence-corrected chi connectivity index (χ2v) is 4.42. The highest BCUT2D eigenvalue weighted by molar-refractivity contribution is 4.73. The number of nitrogens with one attached hydrogen (secondary N) is 1. The summed E-state index contributed by atoms with van der Waals surface area (Å²) < 4.78 is 0. The lowest BCUT2D eigenvalue weighted by atomic mass is 10.3. The van der Waals surface area contributed by atoms with Crippen molar-refractivity contribution in [1.82, 2.24) is 10.2 Å². The van der Waals surface area contributed by atoms with E-state index in [4.69, 9.17) is 0 Å². The summed E-state index contributed by atoms with van der Waals surface area (Å²) in [5, 5.41) is 3.54. The van der Waals surface area contributed by atoms with Gasteiger partial charge < -0.3 is 10.2 Å². The first kappa shape index (κ1) is 12.0. The van der Waals surface area contributed by atoms with Gasteiger partial charge in [0.05, 0.1) is 0 Å². The first-order valence-corrected chi connectivity index (χ1v) is 6.29. The molecule has 0 aliphatic heterocycles. The Hall–Kier alpha value is -0.0800. The van der Waals surface area contributed by atoms with Crippen LogP contribution in [0.3, 0.4) is 0 Å². The van der Waals surface area contributed by atoms with E-state index < -0.39 is 0 Å². The molecule has 0 bridgehead atoms. The molecule has 0 heterocycles. The molecule has 2 nitrogen and oxygen atoms in total. The van der Waals surface area contributed by atoms with Gasteiger partial charge in [0.2, 0.25) is 0 Å². The van der Waals surface area contributed by atoms with Gasteiger partial charge >= 0.3 is 0 Å². The minimum Gasteiger partial charge on any atom is -0.315 e. The standard InChI is InChI=1S/C12H26N2/c1-3-10-14(4-2)11-9-13-8-7-12-5-6-12/h12-13H,3-11H2,1-2H3. The van der Waals surface area contributed by atoms with E-state index in [0.29, 0.717) is 0 Å². The van der Waals surface area contributed by atoms with Crippen molar-refractivity contribution < 1.29 is 0 Å². The van der Waals surface area contributed by atoms with Gasteiger partial charge in [0.1, 0.15) is 0 Å². The molecule has 1 N–H and O–H groups in total. The van der Waals surface area contributed by atoms with Crippen LogP contribution in [-0.2, 0) is 0 Å². The topological polar surface area (TPSA) is 15.3 Å². The molecule has 0 radical (unpaired) electrons. The maximum Gasteiger partial charge on any atom is 0.0107 e. The Morgan fingerprint density at radius 3 is 2.50 bits per heavy atom. The Morgan fingerprint density at radius 1 is 1.14 bits per heavy atom. The molecule has 0 atom stereocenters. The van der Waals surface area contributed by atoms with E-state index in [2.05, 4.69) is 24.1 Å². The molecule has 14 heavy (non-hydrogen) atoms. The average molecular weight is 198 g/mol. The van der Waals surface area contributed by atoms with Gasteiger partial charge in [0.25, 0.3) is 0 Å². The summed E-state index contributed by atoms with van der Waals surface area (Å²) in [6.07, 6.45) is 5.65. The molecule has 84 valence electrons. The Morgan fingerprint density at radius 2 is 1.93 bits per heavy atom. The second-order valence-electron chi connectivity index (χ2n) is 4.42. The van der Waals surface area contributed by atoms with Crippen molar-refractivity contribution in [2.75, 3.05) is 32.7 Å². The second kappa shape index (κ2) is 7.24. The third kappa shape index (κ3) is 5.61. The molecule has 0 aromatic rings. The molecule has 0 amide bonds. The van der Waals surface area contributed by atoms with E-state index in [1.807, 2.05) is 0 Å². The monoisotopic (exact) mass is 198 g/mol. The van der Waals surface area contributed by atoms with E-state index >= 15 is 0 Å². The Kier molecular flexibility index (Phi) is 6.20. The van der Waals surface area contributed by atoms with Crippen LogP contribution >= 0.6 is 0 Å². The summed E-state index contributed by atoms with van der Waals surface area (Å²) in [5.74, 6) is 1.07. The zero-order chi connectivity index (χ0) is 10.2. The highest BCUT2D eigenvalue weighted by Crippen LogP contribution is 2.31. The van der Waals surface area contributed by atoms with Crippen LogP contribution in [0.5, 0.6) is 0 Å². The van der Waals surface area contributed by atoms with E-state index in [9.17, 15) is 0 Å². The molecule has 0 aromatic carbocycles. The van der Waals surface area contributed by atoms with Gasteiger partial charge in [-0.15, -0.1) is 0 Å². The maximum atomic E-state index is 3.54. The summed E-state index contributed by atoms with van der Waals surface area (Å²) in [7, 11) is 0. The van der Waals surface area contributed by atoms with Gasteiger partial charge in [-0.3, -0.25) is 0 Å². The quantitative estimate of drug-likeness (QED) is 0.571. The van der Waals surface area contributed by atoms with Crippen LogP contribution < -0.4 is 5.32 Å². The molecule has 0 saturated heterocycles. The maximum absolute atomic E-state index is 3.54. The third-order valence-corrected chi connectivity index (χ3v) is 3.02. The number of likely N-dealkylation sites (N-methyl/N-ethyl adjacent to an activating group) is 1. The number of hydrogen-bond acceptors (Lipinski definition) is 2. The van der Waals surface area contributed by atoms with Gasteiger partial charge in [-0.1, -0.05) is 26.7 Å². The van der Waals surface area contributed by atoms with Crippen molar-refractivity contribution in [3.63, 3.8) is 0 Å². The highest BCUT2D eigenvalue weighted by Gasteiger charge is 2.19. The van der Waals surface area contributed by atoms with Gasteiger partial charge in [0, 0.05) is 13.1 Å². The van der Waals surface area contributed by atoms with E-state index in [-0.39, 0.29) is 0 Å². The van der Waals surface area contributed by atoms with Crippen molar-refractivity contribution >= 4 is 0 Å². The average Bonchev–Trinajstić information content (AvgIpc) is 2.99. The molecule has 0 aromatic heterocycles. The summed E-state index contributed by atoms with van der Waals surface area (Å²) in [5.41, 5.74) is 0. The van der Waals surface area contributed by atoms with Crippen molar-refractivity contribution in [3.8, 4) is 0 Å².